The zero-order chi connectivity index (χ0) is 13.1. The average molecular weight is 286 g/mol. The lowest BCUT2D eigenvalue weighted by Gasteiger charge is -2.05. The molecule has 0 spiro atoms. The third-order valence-electron chi connectivity index (χ3n) is 2.68. The zero-order valence-corrected chi connectivity index (χ0v) is 12.3. The molecule has 2 aromatic rings. The van der Waals surface area contributed by atoms with E-state index in [2.05, 4.69) is 26.9 Å². The van der Waals surface area contributed by atoms with Gasteiger partial charge >= 0.3 is 0 Å². The van der Waals surface area contributed by atoms with Crippen LogP contribution in [0.15, 0.2) is 0 Å². The van der Waals surface area contributed by atoms with Crippen LogP contribution in [0.5, 0.6) is 0 Å². The molecule has 0 bridgehead atoms. The highest BCUT2D eigenvalue weighted by Crippen LogP contribution is 2.23. The van der Waals surface area contributed by atoms with E-state index < -0.39 is 0 Å². The first-order chi connectivity index (χ1) is 8.63. The highest BCUT2D eigenvalue weighted by Gasteiger charge is 2.13. The Bertz CT molecular complexity index is 534. The molecule has 7 heteroatoms. The average Bonchev–Trinajstić information content (AvgIpc) is 2.89. The van der Waals surface area contributed by atoms with Gasteiger partial charge in [0.25, 0.3) is 0 Å². The first-order valence-electron chi connectivity index (χ1n) is 5.88. The van der Waals surface area contributed by atoms with Crippen LogP contribution in [0.2, 0.25) is 5.02 Å². The minimum Gasteiger partial charge on any atom is -0.374 e. The van der Waals surface area contributed by atoms with E-state index >= 15 is 0 Å². The van der Waals surface area contributed by atoms with E-state index in [9.17, 15) is 0 Å². The monoisotopic (exact) mass is 285 g/mol. The summed E-state index contributed by atoms with van der Waals surface area (Å²) in [4.78, 5) is 0. The smallest absolute Gasteiger partial charge is 0.135 e. The zero-order valence-electron chi connectivity index (χ0n) is 10.7. The lowest BCUT2D eigenvalue weighted by molar-refractivity contribution is 0.645. The van der Waals surface area contributed by atoms with Gasteiger partial charge in [0.15, 0.2) is 0 Å². The quantitative estimate of drug-likeness (QED) is 0.918. The fourth-order valence-corrected chi connectivity index (χ4v) is 2.39. The number of rotatable bonds is 5. The molecule has 2 rings (SSSR count). The predicted molar refractivity (Wildman–Crippen MR) is 74.5 cm³/mol. The number of nitrogens with zero attached hydrogens (tertiary/aromatic N) is 4. The summed E-state index contributed by atoms with van der Waals surface area (Å²) < 4.78 is 5.85. The van der Waals surface area contributed by atoms with Gasteiger partial charge in [0.1, 0.15) is 10.7 Å². The SMILES string of the molecule is CCCNc1snnc1Cn1nc(C)c(Cl)c1C. The Morgan fingerprint density at radius 3 is 2.78 bits per heavy atom. The highest BCUT2D eigenvalue weighted by atomic mass is 35.5. The molecule has 5 nitrogen and oxygen atoms in total. The molecule has 0 aliphatic heterocycles. The molecule has 0 atom stereocenters. The van der Waals surface area contributed by atoms with Crippen LogP contribution in [0.4, 0.5) is 5.00 Å². The maximum Gasteiger partial charge on any atom is 0.135 e. The van der Waals surface area contributed by atoms with Crippen molar-refractivity contribution in [3.63, 3.8) is 0 Å². The summed E-state index contributed by atoms with van der Waals surface area (Å²) in [5.41, 5.74) is 2.72. The Hall–Kier alpha value is -1.14. The van der Waals surface area contributed by atoms with E-state index in [1.54, 1.807) is 0 Å². The van der Waals surface area contributed by atoms with Crippen molar-refractivity contribution in [2.45, 2.75) is 33.7 Å². The van der Waals surface area contributed by atoms with Crippen molar-refractivity contribution >= 4 is 28.1 Å². The molecule has 98 valence electrons. The molecule has 0 aliphatic rings. The lowest BCUT2D eigenvalue weighted by atomic mass is 10.4. The number of aromatic nitrogens is 4. The third kappa shape index (κ3) is 2.64. The Balaban J connectivity index is 2.18. The molecule has 0 saturated carbocycles. The molecule has 0 aromatic carbocycles. The molecule has 0 amide bonds. The summed E-state index contributed by atoms with van der Waals surface area (Å²) in [6.07, 6.45) is 1.07. The summed E-state index contributed by atoms with van der Waals surface area (Å²) in [5, 5.41) is 13.6. The molecule has 0 aliphatic carbocycles. The second-order valence-corrected chi connectivity index (χ2v) is 5.25. The van der Waals surface area contributed by atoms with Gasteiger partial charge in [0.05, 0.1) is 23.0 Å². The van der Waals surface area contributed by atoms with Crippen LogP contribution in [-0.2, 0) is 6.54 Å². The van der Waals surface area contributed by atoms with Gasteiger partial charge in [-0.3, -0.25) is 4.68 Å². The molecule has 2 heterocycles. The number of hydrogen-bond acceptors (Lipinski definition) is 5. The van der Waals surface area contributed by atoms with Crippen molar-refractivity contribution in [2.24, 2.45) is 0 Å². The highest BCUT2D eigenvalue weighted by molar-refractivity contribution is 7.10. The van der Waals surface area contributed by atoms with Gasteiger partial charge in [-0.1, -0.05) is 23.0 Å². The van der Waals surface area contributed by atoms with Crippen LogP contribution in [0.3, 0.4) is 0 Å². The Labute approximate surface area is 115 Å². The van der Waals surface area contributed by atoms with Gasteiger partial charge in [-0.25, -0.2) is 0 Å². The fourth-order valence-electron chi connectivity index (χ4n) is 1.66. The molecule has 0 unspecified atom stereocenters. The number of hydrogen-bond donors (Lipinski definition) is 1. The topological polar surface area (TPSA) is 55.6 Å². The normalized spacial score (nSPS) is 10.9. The molecule has 0 radical (unpaired) electrons. The Kier molecular flexibility index (Phi) is 4.19. The first-order valence-corrected chi connectivity index (χ1v) is 7.03. The number of nitrogens with one attached hydrogen (secondary N) is 1. The number of anilines is 1. The maximum atomic E-state index is 6.13. The van der Waals surface area contributed by atoms with Crippen LogP contribution in [0.1, 0.15) is 30.4 Å². The second-order valence-electron chi connectivity index (χ2n) is 4.12. The molecule has 18 heavy (non-hydrogen) atoms. The van der Waals surface area contributed by atoms with E-state index in [0.29, 0.717) is 6.54 Å². The van der Waals surface area contributed by atoms with Crippen molar-refractivity contribution in [2.75, 3.05) is 11.9 Å². The Morgan fingerprint density at radius 2 is 2.17 bits per heavy atom. The van der Waals surface area contributed by atoms with Crippen molar-refractivity contribution in [1.29, 1.82) is 0 Å². The summed E-state index contributed by atoms with van der Waals surface area (Å²) in [6, 6.07) is 0. The van der Waals surface area contributed by atoms with Crippen LogP contribution in [-0.4, -0.2) is 25.9 Å². The molecule has 1 N–H and O–H groups in total. The van der Waals surface area contributed by atoms with Gasteiger partial charge in [-0.05, 0) is 20.3 Å². The van der Waals surface area contributed by atoms with E-state index in [1.165, 1.54) is 11.5 Å². The number of halogens is 1. The lowest BCUT2D eigenvalue weighted by Crippen LogP contribution is -2.08. The molecule has 0 saturated heterocycles. The molecule has 2 aromatic heterocycles. The van der Waals surface area contributed by atoms with Gasteiger partial charge in [0.2, 0.25) is 0 Å². The van der Waals surface area contributed by atoms with Crippen molar-refractivity contribution in [1.82, 2.24) is 19.4 Å². The van der Waals surface area contributed by atoms with Crippen molar-refractivity contribution < 1.29 is 0 Å². The standard InChI is InChI=1S/C11H16ClN5S/c1-4-5-13-11-9(14-16-18-11)6-17-8(3)10(12)7(2)15-17/h13H,4-6H2,1-3H3. The largest absolute Gasteiger partial charge is 0.374 e. The van der Waals surface area contributed by atoms with Gasteiger partial charge in [-0.15, -0.1) is 5.10 Å². The van der Waals surface area contributed by atoms with Gasteiger partial charge < -0.3 is 5.32 Å². The van der Waals surface area contributed by atoms with Crippen LogP contribution in [0.25, 0.3) is 0 Å². The van der Waals surface area contributed by atoms with Gasteiger partial charge in [-0.2, -0.15) is 5.10 Å². The predicted octanol–water partition coefficient (Wildman–Crippen LogP) is 2.88. The van der Waals surface area contributed by atoms with Gasteiger partial charge in [0, 0.05) is 18.1 Å². The summed E-state index contributed by atoms with van der Waals surface area (Å²) in [5.74, 6) is 0. The van der Waals surface area contributed by atoms with E-state index in [0.717, 1.165) is 40.1 Å². The minimum atomic E-state index is 0.599. The minimum absolute atomic E-state index is 0.599. The first kappa shape index (κ1) is 13.3. The van der Waals surface area contributed by atoms with E-state index in [4.69, 9.17) is 11.6 Å². The molecular weight excluding hydrogens is 270 g/mol. The third-order valence-corrected chi connectivity index (χ3v) is 3.96. The van der Waals surface area contributed by atoms with E-state index in [-0.39, 0.29) is 0 Å². The van der Waals surface area contributed by atoms with Crippen LogP contribution < -0.4 is 5.32 Å². The van der Waals surface area contributed by atoms with Crippen molar-refractivity contribution in [3.8, 4) is 0 Å². The fraction of sp³-hybridized carbons (Fsp3) is 0.545. The summed E-state index contributed by atoms with van der Waals surface area (Å²) >= 11 is 7.51. The number of aryl methyl sites for hydroxylation is 1. The van der Waals surface area contributed by atoms with E-state index in [1.807, 2.05) is 18.5 Å². The van der Waals surface area contributed by atoms with Crippen LogP contribution >= 0.6 is 23.1 Å². The van der Waals surface area contributed by atoms with Crippen LogP contribution in [0, 0.1) is 13.8 Å². The Morgan fingerprint density at radius 1 is 1.39 bits per heavy atom. The second kappa shape index (κ2) is 5.67. The molecule has 0 fully saturated rings. The van der Waals surface area contributed by atoms with Crippen molar-refractivity contribution in [3.05, 3.63) is 22.1 Å². The summed E-state index contributed by atoms with van der Waals surface area (Å²) in [7, 11) is 0. The molecular formula is C11H16ClN5S. The maximum absolute atomic E-state index is 6.13. The summed E-state index contributed by atoms with van der Waals surface area (Å²) in [6.45, 7) is 7.52.